The van der Waals surface area contributed by atoms with Crippen molar-refractivity contribution in [2.75, 3.05) is 24.0 Å². The number of methoxy groups -OCH3 is 1. The number of thioether (sulfide) groups is 1. The van der Waals surface area contributed by atoms with Gasteiger partial charge in [0.05, 0.1) is 29.8 Å². The lowest BCUT2D eigenvalue weighted by atomic mass is 10.2. The van der Waals surface area contributed by atoms with E-state index in [9.17, 15) is 4.79 Å². The molecule has 0 radical (unpaired) electrons. The fraction of sp³-hybridized carbons (Fsp3) is 0.143. The van der Waals surface area contributed by atoms with E-state index in [1.165, 1.54) is 16.4 Å². The molecule has 0 aliphatic heterocycles. The second-order valence-electron chi connectivity index (χ2n) is 6.63. The van der Waals surface area contributed by atoms with E-state index < -0.39 is 0 Å². The molecule has 4 aromatic rings. The molecule has 0 bridgehead atoms. The number of nitrogens with zero attached hydrogens (tertiary/aromatic N) is 5. The first-order chi connectivity index (χ1) is 15.1. The molecule has 0 saturated heterocycles. The van der Waals surface area contributed by atoms with Gasteiger partial charge in [0, 0.05) is 6.07 Å². The fourth-order valence-corrected chi connectivity index (χ4v) is 3.71. The third-order valence-electron chi connectivity index (χ3n) is 4.44. The van der Waals surface area contributed by atoms with Crippen LogP contribution in [0.4, 0.5) is 5.82 Å². The molecule has 2 heterocycles. The van der Waals surface area contributed by atoms with Crippen LogP contribution < -0.4 is 15.9 Å². The van der Waals surface area contributed by atoms with Crippen molar-refractivity contribution in [3.63, 3.8) is 0 Å². The topological polar surface area (TPSA) is 113 Å². The molecule has 9 nitrogen and oxygen atoms in total. The van der Waals surface area contributed by atoms with Crippen LogP contribution in [0.15, 0.2) is 65.8 Å². The van der Waals surface area contributed by atoms with E-state index in [0.29, 0.717) is 22.5 Å². The molecular weight excluding hydrogens is 414 g/mol. The highest BCUT2D eigenvalue weighted by molar-refractivity contribution is 7.99. The van der Waals surface area contributed by atoms with Gasteiger partial charge in [0.25, 0.3) is 0 Å². The van der Waals surface area contributed by atoms with E-state index in [1.54, 1.807) is 11.8 Å². The Balaban J connectivity index is 1.46. The summed E-state index contributed by atoms with van der Waals surface area (Å²) in [6.07, 6.45) is 0. The zero-order valence-corrected chi connectivity index (χ0v) is 17.8. The second kappa shape index (κ2) is 8.92. The van der Waals surface area contributed by atoms with Crippen LogP contribution in [0.3, 0.4) is 0 Å². The minimum absolute atomic E-state index is 0.111. The zero-order chi connectivity index (χ0) is 21.8. The summed E-state index contributed by atoms with van der Waals surface area (Å²) in [4.78, 5) is 12.6. The summed E-state index contributed by atoms with van der Waals surface area (Å²) in [5.74, 6) is 7.77. The number of carbonyl (C=O) groups excluding carboxylic acids is 1. The number of ether oxygens (including phenoxy) is 1. The van der Waals surface area contributed by atoms with Gasteiger partial charge in [-0.1, -0.05) is 42.1 Å². The number of benzene rings is 2. The van der Waals surface area contributed by atoms with Gasteiger partial charge in [0.2, 0.25) is 11.1 Å². The normalized spacial score (nSPS) is 10.8. The Morgan fingerprint density at radius 1 is 1.13 bits per heavy atom. The number of carbonyl (C=O) groups is 1. The zero-order valence-electron chi connectivity index (χ0n) is 17.0. The first kappa shape index (κ1) is 20.5. The van der Waals surface area contributed by atoms with Gasteiger partial charge in [-0.15, -0.1) is 10.2 Å². The number of nitrogen functional groups attached to an aromatic ring is 1. The van der Waals surface area contributed by atoms with Gasteiger partial charge in [-0.2, -0.15) is 5.10 Å². The molecule has 2 aromatic heterocycles. The third kappa shape index (κ3) is 4.38. The molecule has 0 saturated carbocycles. The summed E-state index contributed by atoms with van der Waals surface area (Å²) in [6.45, 7) is 1.88. The number of aromatic nitrogens is 5. The highest BCUT2D eigenvalue weighted by atomic mass is 32.2. The lowest BCUT2D eigenvalue weighted by Gasteiger charge is -2.09. The van der Waals surface area contributed by atoms with Crippen molar-refractivity contribution in [2.24, 2.45) is 0 Å². The van der Waals surface area contributed by atoms with Crippen molar-refractivity contribution >= 4 is 23.5 Å². The Kier molecular flexibility index (Phi) is 5.89. The number of amides is 1. The first-order valence-electron chi connectivity index (χ1n) is 9.45. The van der Waals surface area contributed by atoms with Crippen LogP contribution in [0.25, 0.3) is 17.1 Å². The number of anilines is 1. The summed E-state index contributed by atoms with van der Waals surface area (Å²) in [7, 11) is 1.58. The predicted molar refractivity (Wildman–Crippen MR) is 120 cm³/mol. The van der Waals surface area contributed by atoms with Crippen molar-refractivity contribution in [3.8, 4) is 22.8 Å². The van der Waals surface area contributed by atoms with E-state index >= 15 is 0 Å². The standard InChI is InChI=1S/C21H21N7O2S/c1-14-12-18(28(26-14)15-8-4-3-5-9-15)23-19(29)13-31-21-25-24-20(27(21)22)16-10-6-7-11-17(16)30-2/h3-12H,13,22H2,1-2H3,(H,23,29). The highest BCUT2D eigenvalue weighted by Gasteiger charge is 2.17. The Bertz CT molecular complexity index is 1200. The number of aryl methyl sites for hydroxylation is 1. The number of rotatable bonds is 7. The van der Waals surface area contributed by atoms with Gasteiger partial charge in [-0.25, -0.2) is 9.36 Å². The van der Waals surface area contributed by atoms with Crippen LogP contribution in [0, 0.1) is 6.92 Å². The first-order valence-corrected chi connectivity index (χ1v) is 10.4. The molecule has 0 aliphatic rings. The van der Waals surface area contributed by atoms with Crippen LogP contribution in [0.2, 0.25) is 0 Å². The van der Waals surface area contributed by atoms with E-state index in [-0.39, 0.29) is 11.7 Å². The molecule has 4 rings (SSSR count). The van der Waals surface area contributed by atoms with Gasteiger partial charge < -0.3 is 15.9 Å². The van der Waals surface area contributed by atoms with Crippen LogP contribution in [0.1, 0.15) is 5.69 Å². The molecule has 2 aromatic carbocycles. The molecule has 0 aliphatic carbocycles. The molecule has 0 unspecified atom stereocenters. The van der Waals surface area contributed by atoms with Crippen molar-refractivity contribution in [2.45, 2.75) is 12.1 Å². The van der Waals surface area contributed by atoms with E-state index in [1.807, 2.05) is 67.6 Å². The average Bonchev–Trinajstić information content (AvgIpc) is 3.34. The molecule has 0 spiro atoms. The SMILES string of the molecule is COc1ccccc1-c1nnc(SCC(=O)Nc2cc(C)nn2-c2ccccc2)n1N. The molecular formula is C21H21N7O2S. The van der Waals surface area contributed by atoms with Crippen LogP contribution in [-0.2, 0) is 4.79 Å². The molecule has 10 heteroatoms. The Morgan fingerprint density at radius 3 is 2.65 bits per heavy atom. The monoisotopic (exact) mass is 435 g/mol. The van der Waals surface area contributed by atoms with Crippen molar-refractivity contribution in [1.29, 1.82) is 0 Å². The van der Waals surface area contributed by atoms with E-state index in [0.717, 1.165) is 16.9 Å². The number of hydrogen-bond donors (Lipinski definition) is 2. The maximum absolute atomic E-state index is 12.6. The number of nitrogens with two attached hydrogens (primary N) is 1. The van der Waals surface area contributed by atoms with Crippen LogP contribution >= 0.6 is 11.8 Å². The summed E-state index contributed by atoms with van der Waals surface area (Å²) < 4.78 is 8.42. The maximum Gasteiger partial charge on any atom is 0.236 e. The number of hydrogen-bond acceptors (Lipinski definition) is 7. The highest BCUT2D eigenvalue weighted by Crippen LogP contribution is 2.29. The fourth-order valence-electron chi connectivity index (χ4n) is 3.05. The summed E-state index contributed by atoms with van der Waals surface area (Å²) in [6, 6.07) is 18.8. The quantitative estimate of drug-likeness (QED) is 0.339. The largest absolute Gasteiger partial charge is 0.496 e. The summed E-state index contributed by atoms with van der Waals surface area (Å²) in [5.41, 5.74) is 2.38. The van der Waals surface area contributed by atoms with Gasteiger partial charge in [-0.3, -0.25) is 4.79 Å². The second-order valence-corrected chi connectivity index (χ2v) is 7.57. The Morgan fingerprint density at radius 2 is 1.87 bits per heavy atom. The predicted octanol–water partition coefficient (Wildman–Crippen LogP) is 2.89. The van der Waals surface area contributed by atoms with Gasteiger partial charge in [0.1, 0.15) is 11.6 Å². The third-order valence-corrected chi connectivity index (χ3v) is 5.39. The minimum Gasteiger partial charge on any atom is -0.496 e. The van der Waals surface area contributed by atoms with E-state index in [4.69, 9.17) is 10.6 Å². The Hall–Kier alpha value is -3.79. The van der Waals surface area contributed by atoms with Gasteiger partial charge >= 0.3 is 0 Å². The number of para-hydroxylation sites is 2. The lowest BCUT2D eigenvalue weighted by Crippen LogP contribution is -2.18. The minimum atomic E-state index is -0.205. The van der Waals surface area contributed by atoms with Crippen molar-refractivity contribution in [3.05, 3.63) is 66.4 Å². The molecule has 0 atom stereocenters. The summed E-state index contributed by atoms with van der Waals surface area (Å²) >= 11 is 1.19. The molecule has 0 fully saturated rings. The van der Waals surface area contributed by atoms with Crippen LogP contribution in [-0.4, -0.2) is 43.4 Å². The summed E-state index contributed by atoms with van der Waals surface area (Å²) in [5, 5.41) is 16.0. The number of nitrogens with one attached hydrogen (secondary N) is 1. The van der Waals surface area contributed by atoms with Crippen LogP contribution in [0.5, 0.6) is 5.75 Å². The van der Waals surface area contributed by atoms with E-state index in [2.05, 4.69) is 20.6 Å². The molecule has 31 heavy (non-hydrogen) atoms. The van der Waals surface area contributed by atoms with Crippen molar-refractivity contribution < 1.29 is 9.53 Å². The van der Waals surface area contributed by atoms with Gasteiger partial charge in [0.15, 0.2) is 5.82 Å². The maximum atomic E-state index is 12.6. The molecule has 1 amide bonds. The smallest absolute Gasteiger partial charge is 0.236 e. The van der Waals surface area contributed by atoms with Gasteiger partial charge in [-0.05, 0) is 31.2 Å². The lowest BCUT2D eigenvalue weighted by molar-refractivity contribution is -0.113. The van der Waals surface area contributed by atoms with Crippen molar-refractivity contribution in [1.82, 2.24) is 24.7 Å². The molecule has 3 N–H and O–H groups in total. The molecule has 158 valence electrons. The average molecular weight is 436 g/mol. The Labute approximate surface area is 183 Å².